The summed E-state index contributed by atoms with van der Waals surface area (Å²) in [7, 11) is 0. The van der Waals surface area contributed by atoms with Crippen LogP contribution in [0.15, 0.2) is 73.0 Å². The lowest BCUT2D eigenvalue weighted by molar-refractivity contribution is -0.137. The molecule has 0 radical (unpaired) electrons. The molecule has 0 heterocycles. The van der Waals surface area contributed by atoms with E-state index >= 15 is 0 Å². The standard InChI is InChI=1S/C24H24O3/c1-4-17(3)27-21-11-13-23-20(16-21)10-9-19-15-18(8-12-22(19)23)7-6-14-26-24(25)5-2/h4-5,8-13,15-16H,2,6-7,14H2,1,3H3. The SMILES string of the molecule is C=CC(=O)OCCCc1ccc2c(ccc3cc(OC(C)=CC)ccc32)c1. The number of esters is 1. The van der Waals surface area contributed by atoms with Crippen molar-refractivity contribution >= 4 is 27.5 Å². The molecule has 0 saturated carbocycles. The molecule has 0 aliphatic rings. The van der Waals surface area contributed by atoms with Gasteiger partial charge in [-0.1, -0.05) is 43.0 Å². The van der Waals surface area contributed by atoms with Crippen LogP contribution in [-0.2, 0) is 16.0 Å². The second kappa shape index (κ2) is 8.54. The Morgan fingerprint density at radius 2 is 1.74 bits per heavy atom. The Labute approximate surface area is 159 Å². The molecule has 3 heteroatoms. The summed E-state index contributed by atoms with van der Waals surface area (Å²) in [5, 5.41) is 4.81. The van der Waals surface area contributed by atoms with Gasteiger partial charge < -0.3 is 9.47 Å². The zero-order valence-corrected chi connectivity index (χ0v) is 15.8. The van der Waals surface area contributed by atoms with Gasteiger partial charge in [-0.15, -0.1) is 0 Å². The van der Waals surface area contributed by atoms with Crippen molar-refractivity contribution in [3.05, 3.63) is 78.6 Å². The largest absolute Gasteiger partial charge is 0.463 e. The first kappa shape index (κ1) is 18.7. The highest BCUT2D eigenvalue weighted by molar-refractivity contribution is 6.07. The third kappa shape index (κ3) is 4.56. The molecule has 0 aromatic heterocycles. The topological polar surface area (TPSA) is 35.5 Å². The number of fused-ring (bicyclic) bond motifs is 3. The number of hydrogen-bond acceptors (Lipinski definition) is 3. The summed E-state index contributed by atoms with van der Waals surface area (Å²) in [4.78, 5) is 11.1. The minimum Gasteiger partial charge on any atom is -0.463 e. The van der Waals surface area contributed by atoms with E-state index in [0.29, 0.717) is 6.61 Å². The molecule has 3 aromatic carbocycles. The van der Waals surface area contributed by atoms with Crippen molar-refractivity contribution in [2.24, 2.45) is 0 Å². The zero-order chi connectivity index (χ0) is 19.2. The number of carbonyl (C=O) groups is 1. The van der Waals surface area contributed by atoms with Gasteiger partial charge in [-0.3, -0.25) is 0 Å². The normalized spacial score (nSPS) is 11.6. The van der Waals surface area contributed by atoms with Crippen molar-refractivity contribution in [3.63, 3.8) is 0 Å². The van der Waals surface area contributed by atoms with Gasteiger partial charge >= 0.3 is 5.97 Å². The highest BCUT2D eigenvalue weighted by Gasteiger charge is 2.05. The molecule has 3 nitrogen and oxygen atoms in total. The highest BCUT2D eigenvalue weighted by atomic mass is 16.5. The summed E-state index contributed by atoms with van der Waals surface area (Å²) >= 11 is 0. The number of aryl methyl sites for hydroxylation is 1. The average Bonchev–Trinajstić information content (AvgIpc) is 2.70. The van der Waals surface area contributed by atoms with Gasteiger partial charge in [0.2, 0.25) is 0 Å². The zero-order valence-electron chi connectivity index (χ0n) is 15.8. The van der Waals surface area contributed by atoms with Crippen molar-refractivity contribution < 1.29 is 14.3 Å². The maximum Gasteiger partial charge on any atom is 0.330 e. The Balaban J connectivity index is 1.79. The fourth-order valence-corrected chi connectivity index (χ4v) is 3.07. The lowest BCUT2D eigenvalue weighted by atomic mass is 9.98. The molecule has 0 unspecified atom stereocenters. The Morgan fingerprint density at radius 3 is 2.44 bits per heavy atom. The average molecular weight is 360 g/mol. The number of benzene rings is 3. The van der Waals surface area contributed by atoms with Gasteiger partial charge in [0.1, 0.15) is 5.75 Å². The minimum absolute atomic E-state index is 0.368. The lowest BCUT2D eigenvalue weighted by Crippen LogP contribution is -2.02. The van der Waals surface area contributed by atoms with Gasteiger partial charge in [0.15, 0.2) is 0 Å². The van der Waals surface area contributed by atoms with E-state index in [1.54, 1.807) is 0 Å². The smallest absolute Gasteiger partial charge is 0.330 e. The van der Waals surface area contributed by atoms with E-state index in [1.807, 2.05) is 26.0 Å². The lowest BCUT2D eigenvalue weighted by Gasteiger charge is -2.10. The summed E-state index contributed by atoms with van der Waals surface area (Å²) in [6.07, 6.45) is 4.80. The number of ether oxygens (including phenoxy) is 2. The van der Waals surface area contributed by atoms with Crippen molar-refractivity contribution in [1.29, 1.82) is 0 Å². The molecule has 0 aliphatic carbocycles. The molecular weight excluding hydrogens is 336 g/mol. The van der Waals surface area contributed by atoms with Gasteiger partial charge in [0, 0.05) is 6.08 Å². The maximum absolute atomic E-state index is 11.1. The van der Waals surface area contributed by atoms with Crippen molar-refractivity contribution in [2.75, 3.05) is 6.61 Å². The van der Waals surface area contributed by atoms with Gasteiger partial charge in [0.05, 0.1) is 12.4 Å². The van der Waals surface area contributed by atoms with Crippen molar-refractivity contribution in [2.45, 2.75) is 26.7 Å². The Kier molecular flexibility index (Phi) is 5.92. The van der Waals surface area contributed by atoms with Crippen LogP contribution in [0.25, 0.3) is 21.5 Å². The molecular formula is C24H24O3. The van der Waals surface area contributed by atoms with Gasteiger partial charge in [-0.2, -0.15) is 0 Å². The number of rotatable bonds is 7. The van der Waals surface area contributed by atoms with E-state index in [0.717, 1.165) is 29.7 Å². The number of allylic oxidation sites excluding steroid dienone is 2. The summed E-state index contributed by atoms with van der Waals surface area (Å²) in [6, 6.07) is 17.0. The predicted molar refractivity (Wildman–Crippen MR) is 111 cm³/mol. The van der Waals surface area contributed by atoms with Crippen LogP contribution in [0, 0.1) is 0 Å². The van der Waals surface area contributed by atoms with Gasteiger partial charge in [-0.05, 0) is 72.0 Å². The molecule has 0 saturated heterocycles. The summed E-state index contributed by atoms with van der Waals surface area (Å²) in [5.74, 6) is 1.37. The van der Waals surface area contributed by atoms with E-state index in [2.05, 4.69) is 49.0 Å². The molecule has 0 bridgehead atoms. The first-order chi connectivity index (χ1) is 13.1. The van der Waals surface area contributed by atoms with Crippen LogP contribution in [0.5, 0.6) is 5.75 Å². The monoisotopic (exact) mass is 360 g/mol. The van der Waals surface area contributed by atoms with Crippen LogP contribution < -0.4 is 4.74 Å². The molecule has 0 fully saturated rings. The third-order valence-electron chi connectivity index (χ3n) is 4.58. The van der Waals surface area contributed by atoms with Crippen LogP contribution in [0.2, 0.25) is 0 Å². The number of hydrogen-bond donors (Lipinski definition) is 0. The van der Waals surface area contributed by atoms with E-state index < -0.39 is 0 Å². The van der Waals surface area contributed by atoms with E-state index in [-0.39, 0.29) is 5.97 Å². The second-order valence-corrected chi connectivity index (χ2v) is 6.48. The Hall–Kier alpha value is -3.07. The third-order valence-corrected chi connectivity index (χ3v) is 4.58. The Bertz CT molecular complexity index is 1010. The van der Waals surface area contributed by atoms with Crippen LogP contribution in [-0.4, -0.2) is 12.6 Å². The minimum atomic E-state index is -0.368. The summed E-state index contributed by atoms with van der Waals surface area (Å²) in [5.41, 5.74) is 1.24. The molecule has 3 aromatic rings. The molecule has 0 aliphatic heterocycles. The molecule has 0 amide bonds. The highest BCUT2D eigenvalue weighted by Crippen LogP contribution is 2.29. The second-order valence-electron chi connectivity index (χ2n) is 6.48. The first-order valence-corrected chi connectivity index (χ1v) is 9.16. The summed E-state index contributed by atoms with van der Waals surface area (Å²) in [6.45, 7) is 7.72. The van der Waals surface area contributed by atoms with Crippen LogP contribution in [0.1, 0.15) is 25.8 Å². The van der Waals surface area contributed by atoms with E-state index in [4.69, 9.17) is 9.47 Å². The van der Waals surface area contributed by atoms with E-state index in [1.165, 1.54) is 27.8 Å². The molecule has 138 valence electrons. The fraction of sp³-hybridized carbons (Fsp3) is 0.208. The maximum atomic E-state index is 11.1. The molecule has 3 rings (SSSR count). The molecule has 0 spiro atoms. The Morgan fingerprint density at radius 1 is 1.04 bits per heavy atom. The molecule has 0 atom stereocenters. The van der Waals surface area contributed by atoms with Crippen LogP contribution in [0.4, 0.5) is 0 Å². The van der Waals surface area contributed by atoms with Gasteiger partial charge in [-0.25, -0.2) is 4.79 Å². The molecule has 0 N–H and O–H groups in total. The van der Waals surface area contributed by atoms with Crippen molar-refractivity contribution in [3.8, 4) is 5.75 Å². The number of carbonyl (C=O) groups excluding carboxylic acids is 1. The van der Waals surface area contributed by atoms with Crippen LogP contribution in [0.3, 0.4) is 0 Å². The van der Waals surface area contributed by atoms with E-state index in [9.17, 15) is 4.79 Å². The predicted octanol–water partition coefficient (Wildman–Crippen LogP) is 5.96. The molecule has 27 heavy (non-hydrogen) atoms. The summed E-state index contributed by atoms with van der Waals surface area (Å²) < 4.78 is 10.8. The quantitative estimate of drug-likeness (QED) is 0.171. The van der Waals surface area contributed by atoms with Crippen LogP contribution >= 0.6 is 0 Å². The fourth-order valence-electron chi connectivity index (χ4n) is 3.07. The first-order valence-electron chi connectivity index (χ1n) is 9.16. The van der Waals surface area contributed by atoms with Crippen molar-refractivity contribution in [1.82, 2.24) is 0 Å². The van der Waals surface area contributed by atoms with Gasteiger partial charge in [0.25, 0.3) is 0 Å².